The van der Waals surface area contributed by atoms with Crippen LogP contribution in [0, 0.1) is 5.92 Å². The molecule has 0 bridgehead atoms. The average Bonchev–Trinajstić information content (AvgIpc) is 2.11. The van der Waals surface area contributed by atoms with Crippen LogP contribution in [0.1, 0.15) is 53.9 Å². The van der Waals surface area contributed by atoms with E-state index in [2.05, 4.69) is 13.8 Å². The van der Waals surface area contributed by atoms with Gasteiger partial charge in [-0.15, -0.1) is 0 Å². The fourth-order valence-electron chi connectivity index (χ4n) is 2.49. The van der Waals surface area contributed by atoms with Gasteiger partial charge in [-0.2, -0.15) is 0 Å². The molecule has 0 aromatic rings. The van der Waals surface area contributed by atoms with Crippen molar-refractivity contribution in [3.05, 3.63) is 0 Å². The van der Waals surface area contributed by atoms with Crippen molar-refractivity contribution < 1.29 is 14.6 Å². The second-order valence-electron chi connectivity index (χ2n) is 6.66. The largest absolute Gasteiger partial charge is 0.444 e. The summed E-state index contributed by atoms with van der Waals surface area (Å²) in [4.78, 5) is 13.3. The highest BCUT2D eigenvalue weighted by Gasteiger charge is 2.45. The van der Waals surface area contributed by atoms with Crippen molar-refractivity contribution in [2.24, 2.45) is 5.92 Å². The second-order valence-corrected chi connectivity index (χ2v) is 6.66. The van der Waals surface area contributed by atoms with E-state index in [1.54, 1.807) is 4.90 Å². The van der Waals surface area contributed by atoms with Crippen LogP contribution in [-0.4, -0.2) is 40.4 Å². The maximum absolute atomic E-state index is 11.7. The Kier molecular flexibility index (Phi) is 4.65. The number of carbonyl (C=O) groups excluding carboxylic acids is 1. The molecule has 1 fully saturated rings. The van der Waals surface area contributed by atoms with Crippen LogP contribution < -0.4 is 0 Å². The summed E-state index contributed by atoms with van der Waals surface area (Å²) in [6, 6.07) is 0. The molecule has 0 radical (unpaired) electrons. The second kappa shape index (κ2) is 5.47. The van der Waals surface area contributed by atoms with Gasteiger partial charge in [0.1, 0.15) is 11.2 Å². The Bertz CT molecular complexity index is 290. The summed E-state index contributed by atoms with van der Waals surface area (Å²) in [7, 11) is 0. The zero-order chi connectivity index (χ0) is 14.0. The highest BCUT2D eigenvalue weighted by Crippen LogP contribution is 2.30. The van der Waals surface area contributed by atoms with Gasteiger partial charge in [0.2, 0.25) is 0 Å². The molecule has 4 nitrogen and oxygen atoms in total. The maximum atomic E-state index is 11.7. The van der Waals surface area contributed by atoms with Gasteiger partial charge in [-0.1, -0.05) is 26.7 Å². The molecule has 1 rings (SSSR count). The van der Waals surface area contributed by atoms with Crippen LogP contribution >= 0.6 is 0 Å². The molecule has 0 spiro atoms. The highest BCUT2D eigenvalue weighted by molar-refractivity contribution is 5.69. The molecule has 1 amide bonds. The molecule has 106 valence electrons. The van der Waals surface area contributed by atoms with Gasteiger partial charge in [0.05, 0.1) is 13.1 Å². The Morgan fingerprint density at radius 2 is 2.00 bits per heavy atom. The summed E-state index contributed by atoms with van der Waals surface area (Å²) in [5.74, 6) is 0.501. The fourth-order valence-corrected chi connectivity index (χ4v) is 2.49. The third kappa shape index (κ3) is 4.48. The molecule has 1 heterocycles. The quantitative estimate of drug-likeness (QED) is 0.842. The van der Waals surface area contributed by atoms with Crippen LogP contribution in [-0.2, 0) is 4.74 Å². The number of aliphatic hydroxyl groups is 1. The average molecular weight is 257 g/mol. The number of rotatable bonds is 4. The SMILES string of the molecule is CCCC(C)CC1(O)CN(C(=O)OC(C)(C)C)C1. The van der Waals surface area contributed by atoms with E-state index in [0.29, 0.717) is 19.0 Å². The Labute approximate surface area is 110 Å². The van der Waals surface area contributed by atoms with Crippen molar-refractivity contribution in [1.82, 2.24) is 4.90 Å². The number of amides is 1. The van der Waals surface area contributed by atoms with Crippen molar-refractivity contribution in [1.29, 1.82) is 0 Å². The van der Waals surface area contributed by atoms with Crippen molar-refractivity contribution in [3.63, 3.8) is 0 Å². The van der Waals surface area contributed by atoms with E-state index in [1.165, 1.54) is 0 Å². The van der Waals surface area contributed by atoms with Crippen molar-refractivity contribution >= 4 is 6.09 Å². The Morgan fingerprint density at radius 1 is 1.44 bits per heavy atom. The smallest absolute Gasteiger partial charge is 0.410 e. The fraction of sp³-hybridized carbons (Fsp3) is 0.929. The molecule has 0 saturated carbocycles. The normalized spacial score (nSPS) is 20.2. The number of β-amino-alcohol motifs (C(OH)–C–C–N with tert-alkyl or cyclic N) is 1. The van der Waals surface area contributed by atoms with Gasteiger partial charge in [-0.25, -0.2) is 4.79 Å². The van der Waals surface area contributed by atoms with Gasteiger partial charge < -0.3 is 14.7 Å². The summed E-state index contributed by atoms with van der Waals surface area (Å²) >= 11 is 0. The molecular formula is C14H27NO3. The molecule has 1 unspecified atom stereocenters. The lowest BCUT2D eigenvalue weighted by Crippen LogP contribution is -2.64. The molecule has 0 aromatic carbocycles. The highest BCUT2D eigenvalue weighted by atomic mass is 16.6. The number of likely N-dealkylation sites (tertiary alicyclic amines) is 1. The Hall–Kier alpha value is -0.770. The van der Waals surface area contributed by atoms with Crippen LogP contribution in [0.4, 0.5) is 4.79 Å². The number of ether oxygens (including phenoxy) is 1. The molecule has 1 atom stereocenters. The Morgan fingerprint density at radius 3 is 2.44 bits per heavy atom. The van der Waals surface area contributed by atoms with Crippen molar-refractivity contribution in [2.75, 3.05) is 13.1 Å². The lowest BCUT2D eigenvalue weighted by molar-refractivity contribution is -0.109. The minimum atomic E-state index is -0.703. The summed E-state index contributed by atoms with van der Waals surface area (Å²) in [6.45, 7) is 10.6. The lowest BCUT2D eigenvalue weighted by atomic mass is 9.83. The standard InChI is InChI=1S/C14H27NO3/c1-6-7-11(2)8-14(17)9-15(10-14)12(16)18-13(3,4)5/h11,17H,6-10H2,1-5H3. The van der Waals surface area contributed by atoms with E-state index in [9.17, 15) is 9.90 Å². The van der Waals surface area contributed by atoms with E-state index in [0.717, 1.165) is 19.3 Å². The first-order chi connectivity index (χ1) is 8.15. The zero-order valence-corrected chi connectivity index (χ0v) is 12.3. The molecule has 18 heavy (non-hydrogen) atoms. The molecule has 1 aliphatic rings. The molecule has 0 aromatic heterocycles. The number of nitrogens with zero attached hydrogens (tertiary/aromatic N) is 1. The van der Waals surface area contributed by atoms with Crippen LogP contribution in [0.2, 0.25) is 0 Å². The minimum Gasteiger partial charge on any atom is -0.444 e. The van der Waals surface area contributed by atoms with E-state index in [4.69, 9.17) is 4.74 Å². The predicted molar refractivity (Wildman–Crippen MR) is 71.4 cm³/mol. The molecule has 0 aliphatic carbocycles. The molecule has 1 N–H and O–H groups in total. The van der Waals surface area contributed by atoms with Gasteiger partial charge in [-0.05, 0) is 33.1 Å². The lowest BCUT2D eigenvalue weighted by Gasteiger charge is -2.47. The summed E-state index contributed by atoms with van der Waals surface area (Å²) in [6.07, 6.45) is 2.69. The first kappa shape index (κ1) is 15.3. The van der Waals surface area contributed by atoms with Crippen LogP contribution in [0.25, 0.3) is 0 Å². The predicted octanol–water partition coefficient (Wildman–Crippen LogP) is 2.79. The van der Waals surface area contributed by atoms with Crippen LogP contribution in [0.5, 0.6) is 0 Å². The first-order valence-electron chi connectivity index (χ1n) is 6.85. The maximum Gasteiger partial charge on any atom is 0.410 e. The monoisotopic (exact) mass is 257 g/mol. The first-order valence-corrected chi connectivity index (χ1v) is 6.85. The summed E-state index contributed by atoms with van der Waals surface area (Å²) < 4.78 is 5.26. The molecule has 1 aliphatic heterocycles. The van der Waals surface area contributed by atoms with Gasteiger partial charge in [0, 0.05) is 0 Å². The van der Waals surface area contributed by atoms with Crippen LogP contribution in [0.3, 0.4) is 0 Å². The number of carbonyl (C=O) groups is 1. The number of hydrogen-bond acceptors (Lipinski definition) is 3. The molecule has 4 heteroatoms. The van der Waals surface area contributed by atoms with Crippen molar-refractivity contribution in [3.8, 4) is 0 Å². The number of hydrogen-bond donors (Lipinski definition) is 1. The summed E-state index contributed by atoms with van der Waals surface area (Å²) in [5.41, 5.74) is -1.17. The van der Waals surface area contributed by atoms with Gasteiger partial charge >= 0.3 is 6.09 Å². The molecular weight excluding hydrogens is 230 g/mol. The van der Waals surface area contributed by atoms with Crippen LogP contribution in [0.15, 0.2) is 0 Å². The van der Waals surface area contributed by atoms with Gasteiger partial charge in [0.15, 0.2) is 0 Å². The minimum absolute atomic E-state index is 0.324. The zero-order valence-electron chi connectivity index (χ0n) is 12.3. The van der Waals surface area contributed by atoms with E-state index < -0.39 is 11.2 Å². The van der Waals surface area contributed by atoms with E-state index in [1.807, 2.05) is 20.8 Å². The van der Waals surface area contributed by atoms with Gasteiger partial charge in [-0.3, -0.25) is 0 Å². The third-order valence-electron chi connectivity index (χ3n) is 3.13. The van der Waals surface area contributed by atoms with Crippen molar-refractivity contribution in [2.45, 2.75) is 65.1 Å². The topological polar surface area (TPSA) is 49.8 Å². The van der Waals surface area contributed by atoms with E-state index in [-0.39, 0.29) is 6.09 Å². The molecule has 1 saturated heterocycles. The summed E-state index contributed by atoms with van der Waals surface area (Å²) in [5, 5.41) is 10.3. The van der Waals surface area contributed by atoms with E-state index >= 15 is 0 Å². The third-order valence-corrected chi connectivity index (χ3v) is 3.13. The Balaban J connectivity index is 2.36. The van der Waals surface area contributed by atoms with Gasteiger partial charge in [0.25, 0.3) is 0 Å².